The van der Waals surface area contributed by atoms with E-state index >= 15 is 0 Å². The number of thiophene rings is 1. The predicted molar refractivity (Wildman–Crippen MR) is 82.7 cm³/mol. The first kappa shape index (κ1) is 13.8. The van der Waals surface area contributed by atoms with Crippen molar-refractivity contribution in [2.75, 3.05) is 0 Å². The van der Waals surface area contributed by atoms with Crippen LogP contribution in [0.5, 0.6) is 0 Å². The Kier molecular flexibility index (Phi) is 4.18. The number of benzene rings is 1. The molecule has 1 saturated carbocycles. The molecule has 1 aliphatic carbocycles. The lowest BCUT2D eigenvalue weighted by atomic mass is 9.75. The second kappa shape index (κ2) is 6.06. The molecule has 0 aliphatic heterocycles. The SMILES string of the molecule is CCc1ccsc1CNC1CC(c2ccccc2F)C1. The fourth-order valence-corrected chi connectivity index (χ4v) is 3.85. The summed E-state index contributed by atoms with van der Waals surface area (Å²) in [7, 11) is 0. The van der Waals surface area contributed by atoms with Gasteiger partial charge < -0.3 is 5.32 Å². The van der Waals surface area contributed by atoms with Crippen molar-refractivity contribution >= 4 is 11.3 Å². The third kappa shape index (κ3) is 2.79. The van der Waals surface area contributed by atoms with E-state index in [1.807, 2.05) is 23.5 Å². The average Bonchev–Trinajstić information content (AvgIpc) is 2.86. The Morgan fingerprint density at radius 1 is 1.25 bits per heavy atom. The molecule has 0 saturated heterocycles. The molecule has 1 aromatic heterocycles. The number of aryl methyl sites for hydroxylation is 1. The van der Waals surface area contributed by atoms with Gasteiger partial charge in [0.2, 0.25) is 0 Å². The van der Waals surface area contributed by atoms with E-state index in [2.05, 4.69) is 23.7 Å². The van der Waals surface area contributed by atoms with Crippen molar-refractivity contribution < 1.29 is 4.39 Å². The maximum atomic E-state index is 13.7. The zero-order valence-corrected chi connectivity index (χ0v) is 12.5. The van der Waals surface area contributed by atoms with Gasteiger partial charge in [0.25, 0.3) is 0 Å². The van der Waals surface area contributed by atoms with E-state index in [1.165, 1.54) is 10.4 Å². The molecule has 0 radical (unpaired) electrons. The minimum Gasteiger partial charge on any atom is -0.309 e. The normalized spacial score (nSPS) is 21.7. The van der Waals surface area contributed by atoms with Crippen LogP contribution in [0.15, 0.2) is 35.7 Å². The van der Waals surface area contributed by atoms with Crippen LogP contribution in [0.25, 0.3) is 0 Å². The highest BCUT2D eigenvalue weighted by atomic mass is 32.1. The minimum absolute atomic E-state index is 0.0533. The Balaban J connectivity index is 1.50. The standard InChI is InChI=1S/C17H20FNS/c1-2-12-7-8-20-17(12)11-19-14-9-13(10-14)15-5-3-4-6-16(15)18/h3-8,13-14,19H,2,9-11H2,1H3. The molecule has 0 atom stereocenters. The Bertz CT molecular complexity index is 572. The summed E-state index contributed by atoms with van der Waals surface area (Å²) in [5.41, 5.74) is 2.34. The van der Waals surface area contributed by atoms with E-state index in [0.717, 1.165) is 31.4 Å². The van der Waals surface area contributed by atoms with Crippen molar-refractivity contribution in [2.24, 2.45) is 0 Å². The molecule has 0 unspecified atom stereocenters. The fraction of sp³-hybridized carbons (Fsp3) is 0.412. The lowest BCUT2D eigenvalue weighted by Crippen LogP contribution is -2.39. The molecular formula is C17H20FNS. The summed E-state index contributed by atoms with van der Waals surface area (Å²) in [4.78, 5) is 1.45. The van der Waals surface area contributed by atoms with E-state index in [-0.39, 0.29) is 5.82 Å². The van der Waals surface area contributed by atoms with Gasteiger partial charge in [0.05, 0.1) is 0 Å². The number of halogens is 1. The lowest BCUT2D eigenvalue weighted by Gasteiger charge is -2.36. The zero-order valence-electron chi connectivity index (χ0n) is 11.7. The second-order valence-electron chi connectivity index (χ2n) is 5.49. The van der Waals surface area contributed by atoms with Crippen molar-refractivity contribution in [1.29, 1.82) is 0 Å². The summed E-state index contributed by atoms with van der Waals surface area (Å²) in [5.74, 6) is 0.338. The molecule has 3 heteroatoms. The maximum absolute atomic E-state index is 13.7. The largest absolute Gasteiger partial charge is 0.309 e. The van der Waals surface area contributed by atoms with Crippen molar-refractivity contribution in [3.05, 3.63) is 57.5 Å². The summed E-state index contributed by atoms with van der Waals surface area (Å²) < 4.78 is 13.7. The molecular weight excluding hydrogens is 269 g/mol. The maximum Gasteiger partial charge on any atom is 0.126 e. The van der Waals surface area contributed by atoms with Gasteiger partial charge in [0.1, 0.15) is 5.82 Å². The predicted octanol–water partition coefficient (Wildman–Crippen LogP) is 4.49. The van der Waals surface area contributed by atoms with Crippen LogP contribution in [0, 0.1) is 5.82 Å². The monoisotopic (exact) mass is 289 g/mol. The van der Waals surface area contributed by atoms with Gasteiger partial charge >= 0.3 is 0 Å². The minimum atomic E-state index is -0.0533. The van der Waals surface area contributed by atoms with Gasteiger partial charge in [-0.3, -0.25) is 0 Å². The van der Waals surface area contributed by atoms with Gasteiger partial charge in [-0.05, 0) is 53.8 Å². The molecule has 1 nitrogen and oxygen atoms in total. The molecule has 0 amide bonds. The van der Waals surface area contributed by atoms with Crippen LogP contribution in [0.3, 0.4) is 0 Å². The van der Waals surface area contributed by atoms with Crippen LogP contribution in [0.4, 0.5) is 4.39 Å². The molecule has 1 aromatic carbocycles. The van der Waals surface area contributed by atoms with Crippen LogP contribution >= 0.6 is 11.3 Å². The number of nitrogens with one attached hydrogen (secondary N) is 1. The first-order chi connectivity index (χ1) is 9.78. The average molecular weight is 289 g/mol. The van der Waals surface area contributed by atoms with Crippen LogP contribution in [-0.4, -0.2) is 6.04 Å². The third-order valence-corrected chi connectivity index (χ3v) is 5.22. The fourth-order valence-electron chi connectivity index (χ4n) is 2.92. The Morgan fingerprint density at radius 2 is 2.05 bits per heavy atom. The quantitative estimate of drug-likeness (QED) is 0.855. The summed E-state index contributed by atoms with van der Waals surface area (Å²) in [6, 6.07) is 9.92. The first-order valence-corrected chi connectivity index (χ1v) is 8.19. The van der Waals surface area contributed by atoms with Gasteiger partial charge in [-0.1, -0.05) is 25.1 Å². The highest BCUT2D eigenvalue weighted by molar-refractivity contribution is 7.10. The van der Waals surface area contributed by atoms with Gasteiger partial charge in [0.15, 0.2) is 0 Å². The Labute approximate surface area is 123 Å². The molecule has 106 valence electrons. The van der Waals surface area contributed by atoms with Gasteiger partial charge in [0, 0.05) is 17.5 Å². The van der Waals surface area contributed by atoms with Gasteiger partial charge in [-0.15, -0.1) is 11.3 Å². The molecule has 1 N–H and O–H groups in total. The van der Waals surface area contributed by atoms with Crippen molar-refractivity contribution in [1.82, 2.24) is 5.32 Å². The van der Waals surface area contributed by atoms with E-state index < -0.39 is 0 Å². The molecule has 1 aliphatic rings. The van der Waals surface area contributed by atoms with Gasteiger partial charge in [-0.2, -0.15) is 0 Å². The molecule has 1 fully saturated rings. The molecule has 0 spiro atoms. The molecule has 0 bridgehead atoms. The summed E-state index contributed by atoms with van der Waals surface area (Å²) >= 11 is 1.83. The topological polar surface area (TPSA) is 12.0 Å². The van der Waals surface area contributed by atoms with Gasteiger partial charge in [-0.25, -0.2) is 4.39 Å². The Morgan fingerprint density at radius 3 is 2.80 bits per heavy atom. The summed E-state index contributed by atoms with van der Waals surface area (Å²) in [6.45, 7) is 3.15. The van der Waals surface area contributed by atoms with Crippen LogP contribution < -0.4 is 5.32 Å². The van der Waals surface area contributed by atoms with Crippen LogP contribution in [0.1, 0.15) is 41.7 Å². The third-order valence-electron chi connectivity index (χ3n) is 4.25. The number of hydrogen-bond acceptors (Lipinski definition) is 2. The second-order valence-corrected chi connectivity index (χ2v) is 6.49. The Hall–Kier alpha value is -1.19. The number of hydrogen-bond donors (Lipinski definition) is 1. The lowest BCUT2D eigenvalue weighted by molar-refractivity contribution is 0.284. The van der Waals surface area contributed by atoms with Crippen molar-refractivity contribution in [2.45, 2.75) is 44.7 Å². The summed E-state index contributed by atoms with van der Waals surface area (Å²) in [6.07, 6.45) is 3.20. The smallest absolute Gasteiger partial charge is 0.126 e. The highest BCUT2D eigenvalue weighted by Crippen LogP contribution is 2.38. The molecule has 1 heterocycles. The summed E-state index contributed by atoms with van der Waals surface area (Å²) in [5, 5.41) is 5.77. The van der Waals surface area contributed by atoms with Crippen molar-refractivity contribution in [3.63, 3.8) is 0 Å². The van der Waals surface area contributed by atoms with E-state index in [4.69, 9.17) is 0 Å². The van der Waals surface area contributed by atoms with Crippen LogP contribution in [0.2, 0.25) is 0 Å². The number of rotatable bonds is 5. The molecule has 3 rings (SSSR count). The molecule has 2 aromatic rings. The van der Waals surface area contributed by atoms with E-state index in [9.17, 15) is 4.39 Å². The van der Waals surface area contributed by atoms with Crippen LogP contribution in [-0.2, 0) is 13.0 Å². The van der Waals surface area contributed by atoms with E-state index in [0.29, 0.717) is 12.0 Å². The zero-order chi connectivity index (χ0) is 13.9. The van der Waals surface area contributed by atoms with Crippen molar-refractivity contribution in [3.8, 4) is 0 Å². The highest BCUT2D eigenvalue weighted by Gasteiger charge is 2.31. The first-order valence-electron chi connectivity index (χ1n) is 7.31. The molecule has 20 heavy (non-hydrogen) atoms. The van der Waals surface area contributed by atoms with E-state index in [1.54, 1.807) is 12.1 Å².